The van der Waals surface area contributed by atoms with Crippen LogP contribution in [-0.2, 0) is 17.8 Å². The molecule has 0 fully saturated rings. The van der Waals surface area contributed by atoms with Crippen molar-refractivity contribution in [2.45, 2.75) is 40.7 Å². The number of carbonyl (C=O) groups is 1. The lowest BCUT2D eigenvalue weighted by Crippen LogP contribution is -2.26. The second-order valence-corrected chi connectivity index (χ2v) is 7.81. The van der Waals surface area contributed by atoms with Crippen molar-refractivity contribution in [2.75, 3.05) is 25.0 Å². The number of nitrogens with zero attached hydrogens (tertiary/aromatic N) is 6. The summed E-state index contributed by atoms with van der Waals surface area (Å²) in [5.74, 6) is 0.834. The predicted octanol–water partition coefficient (Wildman–Crippen LogP) is 3.22. The Hall–Kier alpha value is -3.26. The molecule has 8 nitrogen and oxygen atoms in total. The molecule has 0 aliphatic heterocycles. The molecule has 1 aromatic carbocycles. The molecule has 0 saturated heterocycles. The van der Waals surface area contributed by atoms with Crippen molar-refractivity contribution in [3.63, 3.8) is 0 Å². The van der Waals surface area contributed by atoms with Crippen LogP contribution < -0.4 is 5.32 Å². The molecule has 0 bridgehead atoms. The van der Waals surface area contributed by atoms with Gasteiger partial charge in [0.1, 0.15) is 0 Å². The fourth-order valence-electron chi connectivity index (χ4n) is 3.89. The Kier molecular flexibility index (Phi) is 5.99. The zero-order chi connectivity index (χ0) is 22.0. The third-order valence-electron chi connectivity index (χ3n) is 5.59. The average molecular weight is 420 g/mol. The van der Waals surface area contributed by atoms with Crippen LogP contribution in [0.25, 0.3) is 16.7 Å². The van der Waals surface area contributed by atoms with Gasteiger partial charge in [-0.1, -0.05) is 13.8 Å². The number of aryl methyl sites for hydroxylation is 2. The fourth-order valence-corrected chi connectivity index (χ4v) is 3.89. The number of nitrogens with one attached hydrogen (secondary N) is 1. The molecule has 1 N–H and O–H groups in total. The molecule has 3 aromatic heterocycles. The maximum atomic E-state index is 12.6. The number of hydrogen-bond donors (Lipinski definition) is 1. The molecule has 1 amide bonds. The van der Waals surface area contributed by atoms with Crippen molar-refractivity contribution in [1.29, 1.82) is 0 Å². The first kappa shape index (κ1) is 21.0. The van der Waals surface area contributed by atoms with Gasteiger partial charge in [0, 0.05) is 47.3 Å². The maximum Gasteiger partial charge on any atom is 0.252 e. The van der Waals surface area contributed by atoms with Crippen LogP contribution in [0.4, 0.5) is 5.69 Å². The van der Waals surface area contributed by atoms with E-state index in [1.807, 2.05) is 32.0 Å². The van der Waals surface area contributed by atoms with E-state index >= 15 is 0 Å². The number of fused-ring (bicyclic) bond motifs is 2. The minimum Gasteiger partial charge on any atom is -0.346 e. The first-order valence-electron chi connectivity index (χ1n) is 10.8. The Labute approximate surface area is 181 Å². The molecular formula is C23H29N7O. The van der Waals surface area contributed by atoms with Crippen LogP contribution in [0, 0.1) is 13.8 Å². The van der Waals surface area contributed by atoms with Crippen molar-refractivity contribution in [3.05, 3.63) is 53.7 Å². The zero-order valence-corrected chi connectivity index (χ0v) is 18.6. The summed E-state index contributed by atoms with van der Waals surface area (Å²) in [6.07, 6.45) is 2.21. The molecule has 0 aliphatic rings. The second kappa shape index (κ2) is 8.85. The first-order chi connectivity index (χ1) is 15.0. The van der Waals surface area contributed by atoms with Gasteiger partial charge >= 0.3 is 0 Å². The lowest BCUT2D eigenvalue weighted by molar-refractivity contribution is -0.115. The number of aromatic nitrogens is 5. The highest BCUT2D eigenvalue weighted by molar-refractivity contribution is 5.94. The minimum absolute atomic E-state index is 0.102. The van der Waals surface area contributed by atoms with Gasteiger partial charge in [0.2, 0.25) is 5.91 Å². The largest absolute Gasteiger partial charge is 0.346 e. The Morgan fingerprint density at radius 1 is 1.10 bits per heavy atom. The van der Waals surface area contributed by atoms with E-state index in [9.17, 15) is 4.79 Å². The van der Waals surface area contributed by atoms with Gasteiger partial charge in [-0.3, -0.25) is 4.79 Å². The van der Waals surface area contributed by atoms with Crippen LogP contribution in [0.3, 0.4) is 0 Å². The molecule has 0 unspecified atom stereocenters. The standard InChI is InChI=1S/C23H29N7O/c1-5-28(6-2)11-12-29-10-9-18-14-19(7-8-20(18)29)25-22(31)15-21-26-23-24-16(3)13-17(4)30(23)27-21/h7-10,13-14H,5-6,11-12,15H2,1-4H3,(H,25,31). The number of benzene rings is 1. The third-order valence-corrected chi connectivity index (χ3v) is 5.59. The number of anilines is 1. The second-order valence-electron chi connectivity index (χ2n) is 7.81. The smallest absolute Gasteiger partial charge is 0.252 e. The SMILES string of the molecule is CCN(CC)CCn1ccc2cc(NC(=O)Cc3nc4nc(C)cc(C)n4n3)ccc21. The third kappa shape index (κ3) is 4.59. The average Bonchev–Trinajstić information content (AvgIpc) is 3.32. The summed E-state index contributed by atoms with van der Waals surface area (Å²) >= 11 is 0. The van der Waals surface area contributed by atoms with E-state index in [0.717, 1.165) is 48.6 Å². The summed E-state index contributed by atoms with van der Waals surface area (Å²) in [6, 6.07) is 10.0. The summed E-state index contributed by atoms with van der Waals surface area (Å²) < 4.78 is 3.93. The monoisotopic (exact) mass is 419 g/mol. The van der Waals surface area contributed by atoms with Crippen molar-refractivity contribution >= 4 is 28.3 Å². The Morgan fingerprint density at radius 3 is 2.68 bits per heavy atom. The summed E-state index contributed by atoms with van der Waals surface area (Å²) in [5.41, 5.74) is 3.76. The molecule has 8 heteroatoms. The van der Waals surface area contributed by atoms with E-state index in [-0.39, 0.29) is 12.3 Å². The van der Waals surface area contributed by atoms with E-state index in [1.54, 1.807) is 4.52 Å². The number of amides is 1. The number of carbonyl (C=O) groups excluding carboxylic acids is 1. The fraction of sp³-hybridized carbons (Fsp3) is 0.391. The van der Waals surface area contributed by atoms with Gasteiger partial charge in [0.05, 0.1) is 6.42 Å². The Balaban J connectivity index is 1.43. The number of rotatable bonds is 8. The zero-order valence-electron chi connectivity index (χ0n) is 18.6. The lowest BCUT2D eigenvalue weighted by Gasteiger charge is -2.18. The molecule has 4 rings (SSSR count). The quantitative estimate of drug-likeness (QED) is 0.474. The number of likely N-dealkylation sites (N-methyl/N-ethyl adjacent to an activating group) is 1. The van der Waals surface area contributed by atoms with Crippen molar-refractivity contribution in [3.8, 4) is 0 Å². The topological polar surface area (TPSA) is 80.3 Å². The van der Waals surface area contributed by atoms with Crippen LogP contribution >= 0.6 is 0 Å². The van der Waals surface area contributed by atoms with Gasteiger partial charge in [-0.25, -0.2) is 9.50 Å². The molecule has 31 heavy (non-hydrogen) atoms. The molecular weight excluding hydrogens is 390 g/mol. The van der Waals surface area contributed by atoms with Crippen molar-refractivity contribution in [1.82, 2.24) is 29.0 Å². The normalized spacial score (nSPS) is 11.6. The van der Waals surface area contributed by atoms with Crippen LogP contribution in [0.1, 0.15) is 31.1 Å². The summed E-state index contributed by atoms with van der Waals surface area (Å²) in [7, 11) is 0. The van der Waals surface area contributed by atoms with E-state index in [2.05, 4.69) is 62.0 Å². The van der Waals surface area contributed by atoms with Gasteiger partial charge in [-0.2, -0.15) is 4.98 Å². The molecule has 0 radical (unpaired) electrons. The molecule has 0 aliphatic carbocycles. The highest BCUT2D eigenvalue weighted by atomic mass is 16.1. The highest BCUT2D eigenvalue weighted by Crippen LogP contribution is 2.21. The van der Waals surface area contributed by atoms with Crippen molar-refractivity contribution in [2.24, 2.45) is 0 Å². The molecule has 162 valence electrons. The predicted molar refractivity (Wildman–Crippen MR) is 122 cm³/mol. The van der Waals surface area contributed by atoms with E-state index in [1.165, 1.54) is 5.52 Å². The lowest BCUT2D eigenvalue weighted by atomic mass is 10.2. The summed E-state index contributed by atoms with van der Waals surface area (Å²) in [5, 5.41) is 8.49. The molecule has 0 saturated carbocycles. The van der Waals surface area contributed by atoms with Gasteiger partial charge in [0.15, 0.2) is 5.82 Å². The van der Waals surface area contributed by atoms with Crippen LogP contribution in [-0.4, -0.2) is 54.6 Å². The molecule has 0 atom stereocenters. The van der Waals surface area contributed by atoms with Crippen LogP contribution in [0.2, 0.25) is 0 Å². The summed E-state index contributed by atoms with van der Waals surface area (Å²) in [6.45, 7) is 12.3. The van der Waals surface area contributed by atoms with E-state index in [0.29, 0.717) is 11.6 Å². The van der Waals surface area contributed by atoms with E-state index in [4.69, 9.17) is 0 Å². The highest BCUT2D eigenvalue weighted by Gasteiger charge is 2.13. The van der Waals surface area contributed by atoms with Crippen molar-refractivity contribution < 1.29 is 4.79 Å². The Bertz CT molecular complexity index is 1220. The molecule has 4 aromatic rings. The van der Waals surface area contributed by atoms with Crippen LogP contribution in [0.5, 0.6) is 0 Å². The molecule has 3 heterocycles. The minimum atomic E-state index is -0.148. The van der Waals surface area contributed by atoms with Gasteiger partial charge in [0.25, 0.3) is 5.78 Å². The van der Waals surface area contributed by atoms with Gasteiger partial charge in [-0.15, -0.1) is 5.10 Å². The summed E-state index contributed by atoms with van der Waals surface area (Å²) in [4.78, 5) is 23.7. The Morgan fingerprint density at radius 2 is 1.90 bits per heavy atom. The van der Waals surface area contributed by atoms with Gasteiger partial charge < -0.3 is 14.8 Å². The van der Waals surface area contributed by atoms with Gasteiger partial charge in [-0.05, 0) is 57.3 Å². The maximum absolute atomic E-state index is 12.6. The van der Waals surface area contributed by atoms with Crippen LogP contribution in [0.15, 0.2) is 36.5 Å². The first-order valence-corrected chi connectivity index (χ1v) is 10.8. The van der Waals surface area contributed by atoms with E-state index < -0.39 is 0 Å². The number of hydrogen-bond acceptors (Lipinski definition) is 5. The molecule has 0 spiro atoms.